The summed E-state index contributed by atoms with van der Waals surface area (Å²) in [7, 11) is -1.85. The maximum Gasteiger partial charge on any atom is 0.254 e. The summed E-state index contributed by atoms with van der Waals surface area (Å²) in [5.41, 5.74) is 0.0310. The van der Waals surface area contributed by atoms with Crippen LogP contribution in [0.4, 0.5) is 0 Å². The number of nitrogens with zero attached hydrogens (tertiary/aromatic N) is 1. The summed E-state index contributed by atoms with van der Waals surface area (Å²) in [5, 5.41) is 3.07. The fraction of sp³-hybridized carbons (Fsp3) is 0.562. The number of piperidine rings is 1. The van der Waals surface area contributed by atoms with E-state index in [9.17, 15) is 13.2 Å². The van der Waals surface area contributed by atoms with Crippen molar-refractivity contribution in [1.82, 2.24) is 10.2 Å². The molecule has 1 N–H and O–H groups in total. The molecule has 1 aromatic rings. The third-order valence-electron chi connectivity index (χ3n) is 4.14. The van der Waals surface area contributed by atoms with Crippen molar-refractivity contribution in [2.24, 2.45) is 0 Å². The lowest BCUT2D eigenvalue weighted by molar-refractivity contribution is 0.0890. The van der Waals surface area contributed by atoms with Gasteiger partial charge in [0.15, 0.2) is 9.84 Å². The van der Waals surface area contributed by atoms with Crippen LogP contribution < -0.4 is 5.32 Å². The van der Waals surface area contributed by atoms with Crippen molar-refractivity contribution in [3.63, 3.8) is 0 Å². The first-order valence-corrected chi connectivity index (χ1v) is 10.1. The van der Waals surface area contributed by atoms with Crippen LogP contribution in [0.15, 0.2) is 23.1 Å². The third kappa shape index (κ3) is 4.92. The Morgan fingerprint density at radius 3 is 2.62 bits per heavy atom. The molecule has 1 aliphatic rings. The molecule has 1 aliphatic heterocycles. The number of carbonyl (C=O) groups is 1. The predicted molar refractivity (Wildman–Crippen MR) is 93.4 cm³/mol. The van der Waals surface area contributed by atoms with Gasteiger partial charge in [0, 0.05) is 39.0 Å². The molecule has 2 rings (SSSR count). The molecule has 1 fully saturated rings. The predicted octanol–water partition coefficient (Wildman–Crippen LogP) is 1.58. The van der Waals surface area contributed by atoms with Crippen molar-refractivity contribution in [3.8, 4) is 0 Å². The molecule has 0 bridgehead atoms. The Bertz CT molecular complexity index is 685. The SMILES string of the molecule is COCCN1CCC(NC(=O)c2c(Cl)cccc2S(C)(=O)=O)CC1. The highest BCUT2D eigenvalue weighted by molar-refractivity contribution is 7.90. The lowest BCUT2D eigenvalue weighted by Gasteiger charge is -2.32. The van der Waals surface area contributed by atoms with Gasteiger partial charge < -0.3 is 15.0 Å². The Morgan fingerprint density at radius 2 is 2.04 bits per heavy atom. The number of ether oxygens (including phenoxy) is 1. The van der Waals surface area contributed by atoms with Crippen LogP contribution in [0.1, 0.15) is 23.2 Å². The molecule has 0 aromatic heterocycles. The minimum absolute atomic E-state index is 0.0139. The lowest BCUT2D eigenvalue weighted by Crippen LogP contribution is -2.45. The van der Waals surface area contributed by atoms with E-state index >= 15 is 0 Å². The van der Waals surface area contributed by atoms with Gasteiger partial charge in [-0.05, 0) is 25.0 Å². The van der Waals surface area contributed by atoms with Gasteiger partial charge in [-0.3, -0.25) is 4.79 Å². The van der Waals surface area contributed by atoms with Crippen molar-refractivity contribution in [3.05, 3.63) is 28.8 Å². The Labute approximate surface area is 148 Å². The van der Waals surface area contributed by atoms with E-state index in [1.807, 2.05) is 0 Å². The van der Waals surface area contributed by atoms with Gasteiger partial charge in [0.25, 0.3) is 5.91 Å². The maximum absolute atomic E-state index is 12.6. The number of hydrogen-bond acceptors (Lipinski definition) is 5. The Hall–Kier alpha value is -1.15. The van der Waals surface area contributed by atoms with Crippen LogP contribution in [0.2, 0.25) is 5.02 Å². The molecule has 0 unspecified atom stereocenters. The molecule has 8 heteroatoms. The molecule has 1 heterocycles. The highest BCUT2D eigenvalue weighted by Gasteiger charge is 2.25. The Balaban J connectivity index is 2.04. The highest BCUT2D eigenvalue weighted by Crippen LogP contribution is 2.24. The zero-order valence-corrected chi connectivity index (χ0v) is 15.5. The second kappa shape index (κ2) is 8.29. The van der Waals surface area contributed by atoms with Gasteiger partial charge in [0.1, 0.15) is 0 Å². The molecule has 0 atom stereocenters. The smallest absolute Gasteiger partial charge is 0.254 e. The largest absolute Gasteiger partial charge is 0.383 e. The van der Waals surface area contributed by atoms with Crippen LogP contribution >= 0.6 is 11.6 Å². The lowest BCUT2D eigenvalue weighted by atomic mass is 10.0. The van der Waals surface area contributed by atoms with Gasteiger partial charge in [0.2, 0.25) is 0 Å². The summed E-state index contributed by atoms with van der Waals surface area (Å²) >= 11 is 6.08. The summed E-state index contributed by atoms with van der Waals surface area (Å²) in [6.07, 6.45) is 2.70. The summed E-state index contributed by atoms with van der Waals surface area (Å²) in [6, 6.07) is 4.48. The molecule has 0 aliphatic carbocycles. The molecule has 0 radical (unpaired) electrons. The van der Waals surface area contributed by atoms with Crippen molar-refractivity contribution in [2.45, 2.75) is 23.8 Å². The monoisotopic (exact) mass is 374 g/mol. The van der Waals surface area contributed by atoms with E-state index < -0.39 is 15.7 Å². The van der Waals surface area contributed by atoms with Crippen molar-refractivity contribution in [1.29, 1.82) is 0 Å². The summed E-state index contributed by atoms with van der Waals surface area (Å²) in [6.45, 7) is 3.31. The first-order valence-electron chi connectivity index (χ1n) is 7.83. The van der Waals surface area contributed by atoms with Gasteiger partial charge in [-0.1, -0.05) is 17.7 Å². The molecule has 134 valence electrons. The standard InChI is InChI=1S/C16H23ClN2O4S/c1-23-11-10-19-8-6-12(7-9-19)18-16(20)15-13(17)4-3-5-14(15)24(2,21)22/h3-5,12H,6-11H2,1-2H3,(H,18,20). The Morgan fingerprint density at radius 1 is 1.38 bits per heavy atom. The van der Waals surface area contributed by atoms with E-state index in [1.54, 1.807) is 7.11 Å². The molecule has 1 aromatic carbocycles. The van der Waals surface area contributed by atoms with E-state index in [4.69, 9.17) is 16.3 Å². The fourth-order valence-corrected chi connectivity index (χ4v) is 4.03. The quantitative estimate of drug-likeness (QED) is 0.818. The van der Waals surface area contributed by atoms with Crippen LogP contribution in [0.3, 0.4) is 0 Å². The number of methoxy groups -OCH3 is 1. The zero-order valence-electron chi connectivity index (χ0n) is 13.9. The molecular formula is C16H23ClN2O4S. The molecule has 1 saturated heterocycles. The van der Waals surface area contributed by atoms with Crippen LogP contribution in [0, 0.1) is 0 Å². The van der Waals surface area contributed by atoms with Crippen LogP contribution in [0.5, 0.6) is 0 Å². The molecule has 0 saturated carbocycles. The molecule has 6 nitrogen and oxygen atoms in total. The second-order valence-electron chi connectivity index (χ2n) is 5.97. The number of carbonyl (C=O) groups excluding carboxylic acids is 1. The van der Waals surface area contributed by atoms with Crippen molar-refractivity contribution >= 4 is 27.3 Å². The minimum atomic E-state index is -3.53. The minimum Gasteiger partial charge on any atom is -0.383 e. The number of sulfone groups is 1. The summed E-state index contributed by atoms with van der Waals surface area (Å²) < 4.78 is 28.8. The van der Waals surface area contributed by atoms with Crippen LogP contribution in [-0.2, 0) is 14.6 Å². The average Bonchev–Trinajstić information content (AvgIpc) is 2.53. The average molecular weight is 375 g/mol. The number of nitrogens with one attached hydrogen (secondary N) is 1. The number of amides is 1. The van der Waals surface area contributed by atoms with Gasteiger partial charge in [-0.15, -0.1) is 0 Å². The van der Waals surface area contributed by atoms with Crippen molar-refractivity contribution < 1.29 is 17.9 Å². The van der Waals surface area contributed by atoms with Crippen molar-refractivity contribution in [2.75, 3.05) is 39.6 Å². The van der Waals surface area contributed by atoms with Gasteiger partial charge >= 0.3 is 0 Å². The summed E-state index contributed by atoms with van der Waals surface area (Å²) in [5.74, 6) is -0.434. The van der Waals surface area contributed by atoms with Gasteiger partial charge in [-0.25, -0.2) is 8.42 Å². The summed E-state index contributed by atoms with van der Waals surface area (Å²) in [4.78, 5) is 14.8. The second-order valence-corrected chi connectivity index (χ2v) is 8.36. The Kier molecular flexibility index (Phi) is 6.62. The number of halogens is 1. The number of rotatable bonds is 6. The van der Waals surface area contributed by atoms with E-state index in [-0.39, 0.29) is 21.5 Å². The first kappa shape index (κ1) is 19.2. The van der Waals surface area contributed by atoms with E-state index in [2.05, 4.69) is 10.2 Å². The zero-order chi connectivity index (χ0) is 17.7. The molecule has 1 amide bonds. The van der Waals surface area contributed by atoms with Gasteiger partial charge in [-0.2, -0.15) is 0 Å². The maximum atomic E-state index is 12.6. The third-order valence-corrected chi connectivity index (χ3v) is 5.59. The van der Waals surface area contributed by atoms with E-state index in [1.165, 1.54) is 18.2 Å². The van der Waals surface area contributed by atoms with Crippen LogP contribution in [0.25, 0.3) is 0 Å². The number of benzene rings is 1. The molecule has 24 heavy (non-hydrogen) atoms. The molecule has 0 spiro atoms. The van der Waals surface area contributed by atoms with Crippen LogP contribution in [-0.4, -0.2) is 64.9 Å². The highest BCUT2D eigenvalue weighted by atomic mass is 35.5. The normalized spacial score (nSPS) is 17.0. The van der Waals surface area contributed by atoms with E-state index in [0.29, 0.717) is 6.61 Å². The first-order chi connectivity index (χ1) is 11.3. The van der Waals surface area contributed by atoms with Gasteiger partial charge in [0.05, 0.1) is 22.1 Å². The molecular weight excluding hydrogens is 352 g/mol. The number of hydrogen-bond donors (Lipinski definition) is 1. The van der Waals surface area contributed by atoms with E-state index in [0.717, 1.165) is 38.7 Å². The topological polar surface area (TPSA) is 75.7 Å². The fourth-order valence-electron chi connectivity index (χ4n) is 2.81. The number of likely N-dealkylation sites (tertiary alicyclic amines) is 1.